The lowest BCUT2D eigenvalue weighted by molar-refractivity contribution is 0.600. The van der Waals surface area contributed by atoms with Gasteiger partial charge in [0.05, 0.1) is 23.3 Å². The Labute approximate surface area is 156 Å². The smallest absolute Gasteiger partial charge is 0.266 e. The Morgan fingerprint density at radius 3 is 2.46 bits per heavy atom. The average Bonchev–Trinajstić information content (AvgIpc) is 2.91. The van der Waals surface area contributed by atoms with Crippen molar-refractivity contribution in [2.45, 2.75) is 25.7 Å². The van der Waals surface area contributed by atoms with Gasteiger partial charge in [-0.2, -0.15) is 5.10 Å². The molecule has 3 aromatic rings. The summed E-state index contributed by atoms with van der Waals surface area (Å²) in [6.07, 6.45) is 1.56. The molecular weight excluding hydrogens is 374 g/mol. The summed E-state index contributed by atoms with van der Waals surface area (Å²) < 4.78 is 27.5. The van der Waals surface area contributed by atoms with Gasteiger partial charge < -0.3 is 5.32 Å². The van der Waals surface area contributed by atoms with E-state index >= 15 is 0 Å². The van der Waals surface area contributed by atoms with Gasteiger partial charge in [0.2, 0.25) is 0 Å². The number of anilines is 3. The van der Waals surface area contributed by atoms with Crippen molar-refractivity contribution in [3.05, 3.63) is 58.5 Å². The van der Waals surface area contributed by atoms with Crippen molar-refractivity contribution in [1.29, 1.82) is 0 Å². The fraction of sp³-hybridized carbons (Fsp3) is 0.176. The van der Waals surface area contributed by atoms with Crippen molar-refractivity contribution < 1.29 is 8.42 Å². The van der Waals surface area contributed by atoms with Crippen LogP contribution in [0.3, 0.4) is 0 Å². The molecule has 0 fully saturated rings. The third-order valence-corrected chi connectivity index (χ3v) is 5.65. The number of H-pyrrole nitrogens is 1. The summed E-state index contributed by atoms with van der Waals surface area (Å²) in [6, 6.07) is 8.86. The Balaban J connectivity index is 1.77. The number of hydrogen-bond acceptors (Lipinski definition) is 5. The van der Waals surface area contributed by atoms with Crippen LogP contribution in [-0.2, 0) is 10.0 Å². The zero-order chi connectivity index (χ0) is 18.9. The minimum absolute atomic E-state index is 0.137. The van der Waals surface area contributed by atoms with Crippen molar-refractivity contribution in [3.63, 3.8) is 0 Å². The molecule has 2 heterocycles. The number of aromatic amines is 1. The standard InChI is InChI=1S/C17H18ClN5O2S/c1-10-8-13(18)4-6-15(10)20-14-5-7-16(19-9-14)23-26(24,25)17-11(2)21-22-12(17)3/h4-9,20H,1-3H3,(H,19,23)(H,21,22). The first-order chi connectivity index (χ1) is 12.3. The molecule has 1 aromatic carbocycles. The zero-order valence-corrected chi connectivity index (χ0v) is 16.0. The second-order valence-electron chi connectivity index (χ2n) is 5.88. The van der Waals surface area contributed by atoms with Crippen LogP contribution in [0.15, 0.2) is 41.4 Å². The Morgan fingerprint density at radius 1 is 1.12 bits per heavy atom. The average molecular weight is 392 g/mol. The second kappa shape index (κ2) is 6.97. The minimum atomic E-state index is -3.76. The molecule has 0 amide bonds. The van der Waals surface area contributed by atoms with E-state index in [-0.39, 0.29) is 10.7 Å². The highest BCUT2D eigenvalue weighted by Gasteiger charge is 2.22. The summed E-state index contributed by atoms with van der Waals surface area (Å²) in [5, 5.41) is 10.5. The highest BCUT2D eigenvalue weighted by atomic mass is 35.5. The number of rotatable bonds is 5. The molecule has 0 atom stereocenters. The molecule has 9 heteroatoms. The lowest BCUT2D eigenvalue weighted by atomic mass is 10.2. The first-order valence-corrected chi connectivity index (χ1v) is 9.66. The molecule has 3 N–H and O–H groups in total. The predicted octanol–water partition coefficient (Wildman–Crippen LogP) is 3.93. The molecule has 0 aliphatic heterocycles. The highest BCUT2D eigenvalue weighted by Crippen LogP contribution is 2.24. The maximum Gasteiger partial charge on any atom is 0.266 e. The number of sulfonamides is 1. The lowest BCUT2D eigenvalue weighted by Gasteiger charge is -2.11. The molecule has 7 nitrogen and oxygen atoms in total. The highest BCUT2D eigenvalue weighted by molar-refractivity contribution is 7.92. The molecule has 0 aliphatic carbocycles. The van der Waals surface area contributed by atoms with Crippen molar-refractivity contribution in [3.8, 4) is 0 Å². The summed E-state index contributed by atoms with van der Waals surface area (Å²) >= 11 is 5.95. The van der Waals surface area contributed by atoms with Gasteiger partial charge in [0.15, 0.2) is 0 Å². The van der Waals surface area contributed by atoms with Gasteiger partial charge in [-0.25, -0.2) is 13.4 Å². The summed E-state index contributed by atoms with van der Waals surface area (Å²) in [5.74, 6) is 0.225. The Kier molecular flexibility index (Phi) is 4.88. The number of pyridine rings is 1. The molecule has 0 aliphatic rings. The first-order valence-electron chi connectivity index (χ1n) is 7.80. The van der Waals surface area contributed by atoms with E-state index in [0.717, 1.165) is 16.9 Å². The van der Waals surface area contributed by atoms with Crippen LogP contribution in [0.5, 0.6) is 0 Å². The molecule has 0 unspecified atom stereocenters. The monoisotopic (exact) mass is 391 g/mol. The van der Waals surface area contributed by atoms with Crippen LogP contribution < -0.4 is 10.0 Å². The van der Waals surface area contributed by atoms with E-state index in [9.17, 15) is 8.42 Å². The van der Waals surface area contributed by atoms with E-state index in [2.05, 4.69) is 25.2 Å². The lowest BCUT2D eigenvalue weighted by Crippen LogP contribution is -2.15. The molecule has 0 radical (unpaired) electrons. The zero-order valence-electron chi connectivity index (χ0n) is 14.5. The van der Waals surface area contributed by atoms with Gasteiger partial charge in [0, 0.05) is 10.7 Å². The number of benzene rings is 1. The number of hydrogen-bond donors (Lipinski definition) is 3. The number of halogens is 1. The van der Waals surface area contributed by atoms with E-state index in [0.29, 0.717) is 16.4 Å². The number of nitrogens with one attached hydrogen (secondary N) is 3. The molecule has 0 saturated heterocycles. The molecule has 0 bridgehead atoms. The van der Waals surface area contributed by atoms with Crippen LogP contribution in [-0.4, -0.2) is 23.6 Å². The van der Waals surface area contributed by atoms with E-state index in [1.165, 1.54) is 0 Å². The Morgan fingerprint density at radius 2 is 1.88 bits per heavy atom. The molecule has 3 rings (SSSR count). The minimum Gasteiger partial charge on any atom is -0.354 e. The molecule has 2 aromatic heterocycles. The fourth-order valence-corrected chi connectivity index (χ4v) is 4.18. The molecular formula is C17H18ClN5O2S. The molecule has 26 heavy (non-hydrogen) atoms. The SMILES string of the molecule is Cc1cc(Cl)ccc1Nc1ccc(NS(=O)(=O)c2c(C)n[nH]c2C)nc1. The van der Waals surface area contributed by atoms with Gasteiger partial charge in [-0.1, -0.05) is 11.6 Å². The second-order valence-corrected chi connectivity index (χ2v) is 7.94. The fourth-order valence-electron chi connectivity index (χ4n) is 2.58. The third kappa shape index (κ3) is 3.81. The number of aryl methyl sites for hydroxylation is 3. The molecule has 136 valence electrons. The summed E-state index contributed by atoms with van der Waals surface area (Å²) in [5.41, 5.74) is 3.51. The van der Waals surface area contributed by atoms with Crippen LogP contribution in [0.1, 0.15) is 17.0 Å². The topological polar surface area (TPSA) is 99.8 Å². The van der Waals surface area contributed by atoms with Crippen LogP contribution >= 0.6 is 11.6 Å². The van der Waals surface area contributed by atoms with E-state index in [1.54, 1.807) is 38.2 Å². The van der Waals surface area contributed by atoms with E-state index < -0.39 is 10.0 Å². The molecule has 0 spiro atoms. The molecule has 0 saturated carbocycles. The van der Waals surface area contributed by atoms with E-state index in [4.69, 9.17) is 11.6 Å². The van der Waals surface area contributed by atoms with Crippen molar-refractivity contribution >= 4 is 38.8 Å². The van der Waals surface area contributed by atoms with Gasteiger partial charge >= 0.3 is 0 Å². The first kappa shape index (κ1) is 18.2. The summed E-state index contributed by atoms with van der Waals surface area (Å²) in [6.45, 7) is 5.23. The van der Waals surface area contributed by atoms with Crippen molar-refractivity contribution in [2.75, 3.05) is 10.0 Å². The van der Waals surface area contributed by atoms with Crippen molar-refractivity contribution in [1.82, 2.24) is 15.2 Å². The summed E-state index contributed by atoms with van der Waals surface area (Å²) in [7, 11) is -3.76. The number of nitrogens with zero attached hydrogens (tertiary/aromatic N) is 2. The predicted molar refractivity (Wildman–Crippen MR) is 103 cm³/mol. The summed E-state index contributed by atoms with van der Waals surface area (Å²) in [4.78, 5) is 4.30. The van der Waals surface area contributed by atoms with Crippen LogP contribution in [0.25, 0.3) is 0 Å². The number of aromatic nitrogens is 3. The van der Waals surface area contributed by atoms with Gasteiger partial charge in [0.25, 0.3) is 10.0 Å². The normalized spacial score (nSPS) is 11.4. The maximum absolute atomic E-state index is 12.5. The van der Waals surface area contributed by atoms with Gasteiger partial charge in [-0.15, -0.1) is 0 Å². The van der Waals surface area contributed by atoms with Crippen LogP contribution in [0.4, 0.5) is 17.2 Å². The van der Waals surface area contributed by atoms with Gasteiger partial charge in [-0.05, 0) is 56.7 Å². The van der Waals surface area contributed by atoms with Gasteiger partial charge in [-0.3, -0.25) is 9.82 Å². The van der Waals surface area contributed by atoms with E-state index in [1.807, 2.05) is 19.1 Å². The Bertz CT molecular complexity index is 1030. The van der Waals surface area contributed by atoms with Gasteiger partial charge in [0.1, 0.15) is 10.7 Å². The maximum atomic E-state index is 12.5. The largest absolute Gasteiger partial charge is 0.354 e. The third-order valence-electron chi connectivity index (χ3n) is 3.80. The van der Waals surface area contributed by atoms with Crippen LogP contribution in [0.2, 0.25) is 5.02 Å². The van der Waals surface area contributed by atoms with Crippen molar-refractivity contribution in [2.24, 2.45) is 0 Å². The quantitative estimate of drug-likeness (QED) is 0.611. The Hall–Kier alpha value is -2.58. The van der Waals surface area contributed by atoms with Crippen LogP contribution in [0, 0.1) is 20.8 Å².